The van der Waals surface area contributed by atoms with Gasteiger partial charge in [0.25, 0.3) is 17.7 Å². The Balaban J connectivity index is 0.974. The number of fused-ring (bicyclic) bond motifs is 2. The highest BCUT2D eigenvalue weighted by Gasteiger charge is 2.45. The van der Waals surface area contributed by atoms with E-state index in [1.807, 2.05) is 6.07 Å². The van der Waals surface area contributed by atoms with Crippen molar-refractivity contribution in [2.24, 2.45) is 5.41 Å². The summed E-state index contributed by atoms with van der Waals surface area (Å²) >= 11 is 0. The molecule has 2 fully saturated rings. The van der Waals surface area contributed by atoms with Crippen molar-refractivity contribution >= 4 is 34.9 Å². The summed E-state index contributed by atoms with van der Waals surface area (Å²) in [5.74, 6) is -3.10. The zero-order valence-electron chi connectivity index (χ0n) is 30.4. The van der Waals surface area contributed by atoms with Gasteiger partial charge >= 0.3 is 0 Å². The van der Waals surface area contributed by atoms with E-state index >= 15 is 0 Å². The molecule has 2 aromatic carbocycles. The number of amides is 3. The number of aryl methyl sites for hydroxylation is 2. The first kappa shape index (κ1) is 36.3. The summed E-state index contributed by atoms with van der Waals surface area (Å²) in [4.78, 5) is 49.3. The predicted molar refractivity (Wildman–Crippen MR) is 200 cm³/mol. The van der Waals surface area contributed by atoms with Crippen LogP contribution in [-0.4, -0.2) is 60.5 Å². The van der Waals surface area contributed by atoms with Gasteiger partial charge in [0.05, 0.1) is 5.56 Å². The number of benzene rings is 2. The molecule has 1 spiro atoms. The second kappa shape index (κ2) is 14.9. The zero-order valence-corrected chi connectivity index (χ0v) is 30.4. The molecule has 284 valence electrons. The van der Waals surface area contributed by atoms with Gasteiger partial charge < -0.3 is 29.6 Å². The number of hydrogen-bond donors (Lipinski definition) is 2. The molecular weight excluding hydrogens is 711 g/mol. The summed E-state index contributed by atoms with van der Waals surface area (Å²) in [6, 6.07) is 13.2. The predicted octanol–water partition coefficient (Wildman–Crippen LogP) is 7.56. The van der Waals surface area contributed by atoms with Crippen molar-refractivity contribution in [2.75, 3.05) is 48.4 Å². The van der Waals surface area contributed by atoms with Crippen molar-refractivity contribution in [1.82, 2.24) is 9.88 Å². The van der Waals surface area contributed by atoms with Gasteiger partial charge in [-0.1, -0.05) is 12.1 Å². The third-order valence-corrected chi connectivity index (χ3v) is 11.0. The number of aromatic nitrogens is 1. The maximum absolute atomic E-state index is 14.7. The maximum Gasteiger partial charge on any atom is 0.291 e. The molecule has 0 saturated carbocycles. The quantitative estimate of drug-likeness (QED) is 0.200. The standard InChI is InChI=1S/C42H40F3N5O5/c1-2-28(43)21-30-22-35-27(20-36(55-35)40(52)48-37-32(44)6-4-7-33(37)45)13-16-50(30)41(53)25-9-11-29(12-10-25)46-39(51)31-19-26-5-3-8-34(26)47-38(31)49-23-42(24-49)14-17-54-18-15-42/h2,4,6-7,9-12,19-21H,3,5,8,13-18,22-24H2,1H3,(H,46,51)(H,48,52)/b28-2+,30-21+. The van der Waals surface area contributed by atoms with E-state index in [-0.39, 0.29) is 36.5 Å². The van der Waals surface area contributed by atoms with Gasteiger partial charge in [0.1, 0.15) is 34.7 Å². The fourth-order valence-corrected chi connectivity index (χ4v) is 7.92. The molecule has 0 atom stereocenters. The van der Waals surface area contributed by atoms with Crippen LogP contribution < -0.4 is 15.5 Å². The lowest BCUT2D eigenvalue weighted by molar-refractivity contribution is -0.000521. The molecule has 3 aliphatic heterocycles. The molecule has 4 aromatic rings. The van der Waals surface area contributed by atoms with Gasteiger partial charge in [-0.3, -0.25) is 14.4 Å². The SMILES string of the molecule is C/C=C(F)\C=C1/Cc2oc(C(=O)Nc3c(F)cccc3F)cc2CCN1C(=O)c1ccc(NC(=O)c2cc3c(nc2N2CC4(CCOCC4)C2)CCC3)cc1. The first-order chi connectivity index (χ1) is 26.6. The number of hydrogen-bond acceptors (Lipinski definition) is 7. The van der Waals surface area contributed by atoms with E-state index in [2.05, 4.69) is 15.5 Å². The Morgan fingerprint density at radius 2 is 1.65 bits per heavy atom. The maximum atomic E-state index is 14.7. The lowest BCUT2D eigenvalue weighted by atomic mass is 9.73. The van der Waals surface area contributed by atoms with Crippen molar-refractivity contribution < 1.29 is 36.7 Å². The molecule has 2 saturated heterocycles. The third kappa shape index (κ3) is 7.28. The smallest absolute Gasteiger partial charge is 0.291 e. The van der Waals surface area contributed by atoms with Crippen LogP contribution in [0.5, 0.6) is 0 Å². The molecule has 3 amide bonds. The van der Waals surface area contributed by atoms with Gasteiger partial charge in [-0.25, -0.2) is 18.2 Å². The summed E-state index contributed by atoms with van der Waals surface area (Å²) < 4.78 is 54.5. The van der Waals surface area contributed by atoms with Crippen LogP contribution in [0.4, 0.5) is 30.4 Å². The topological polar surface area (TPSA) is 117 Å². The Hall–Kier alpha value is -5.69. The number of halogens is 3. The first-order valence-corrected chi connectivity index (χ1v) is 18.6. The van der Waals surface area contributed by atoms with E-state index in [1.165, 1.54) is 36.1 Å². The van der Waals surface area contributed by atoms with E-state index < -0.39 is 35.0 Å². The van der Waals surface area contributed by atoms with Gasteiger partial charge in [0.2, 0.25) is 0 Å². The Morgan fingerprint density at radius 3 is 2.38 bits per heavy atom. The number of allylic oxidation sites excluding steroid dienone is 4. The number of pyridine rings is 1. The zero-order chi connectivity index (χ0) is 38.3. The molecule has 5 heterocycles. The van der Waals surface area contributed by atoms with Crippen molar-refractivity contribution in [3.63, 3.8) is 0 Å². The number of carbonyl (C=O) groups is 3. The highest BCUT2D eigenvalue weighted by molar-refractivity contribution is 6.08. The lowest BCUT2D eigenvalue weighted by Gasteiger charge is -2.53. The lowest BCUT2D eigenvalue weighted by Crippen LogP contribution is -2.59. The minimum absolute atomic E-state index is 0.0269. The number of furan rings is 1. The van der Waals surface area contributed by atoms with Crippen LogP contribution in [0.2, 0.25) is 0 Å². The average molecular weight is 752 g/mol. The van der Waals surface area contributed by atoms with Crippen LogP contribution >= 0.6 is 0 Å². The fraction of sp³-hybridized carbons (Fsp3) is 0.333. The van der Waals surface area contributed by atoms with E-state index in [1.54, 1.807) is 24.3 Å². The van der Waals surface area contributed by atoms with Gasteiger partial charge in [0, 0.05) is 67.3 Å². The van der Waals surface area contributed by atoms with Crippen LogP contribution in [-0.2, 0) is 30.4 Å². The van der Waals surface area contributed by atoms with Crippen LogP contribution in [0.25, 0.3) is 0 Å². The van der Waals surface area contributed by atoms with Gasteiger partial charge in [-0.05, 0) is 111 Å². The summed E-state index contributed by atoms with van der Waals surface area (Å²) in [7, 11) is 0. The van der Waals surface area contributed by atoms with Crippen LogP contribution in [0, 0.1) is 17.0 Å². The van der Waals surface area contributed by atoms with Crippen molar-refractivity contribution in [3.05, 3.63) is 129 Å². The molecule has 0 unspecified atom stereocenters. The Kier molecular flexibility index (Phi) is 9.80. The number of ether oxygens (including phenoxy) is 1. The molecule has 4 aliphatic rings. The largest absolute Gasteiger partial charge is 0.455 e. The monoisotopic (exact) mass is 751 g/mol. The molecule has 55 heavy (non-hydrogen) atoms. The number of nitrogens with one attached hydrogen (secondary N) is 2. The molecule has 0 radical (unpaired) electrons. The number of rotatable bonds is 7. The first-order valence-electron chi connectivity index (χ1n) is 18.6. The van der Waals surface area contributed by atoms with E-state index in [0.717, 1.165) is 81.8 Å². The molecule has 8 rings (SSSR count). The minimum Gasteiger partial charge on any atom is -0.455 e. The van der Waals surface area contributed by atoms with Crippen LogP contribution in [0.1, 0.15) is 80.0 Å². The van der Waals surface area contributed by atoms with E-state index in [9.17, 15) is 27.6 Å². The Morgan fingerprint density at radius 1 is 0.909 bits per heavy atom. The summed E-state index contributed by atoms with van der Waals surface area (Å²) in [5, 5.41) is 5.21. The second-order valence-corrected chi connectivity index (χ2v) is 14.6. The summed E-state index contributed by atoms with van der Waals surface area (Å²) in [6.45, 7) is 4.87. The molecule has 13 heteroatoms. The highest BCUT2D eigenvalue weighted by Crippen LogP contribution is 2.43. The van der Waals surface area contributed by atoms with Crippen molar-refractivity contribution in [2.45, 2.75) is 51.9 Å². The Bertz CT molecular complexity index is 2210. The normalized spacial score (nSPS) is 18.4. The number of anilines is 3. The average Bonchev–Trinajstić information content (AvgIpc) is 3.78. The van der Waals surface area contributed by atoms with Gasteiger partial charge in [-0.15, -0.1) is 0 Å². The van der Waals surface area contributed by atoms with Crippen LogP contribution in [0.15, 0.2) is 82.7 Å². The van der Waals surface area contributed by atoms with E-state index in [4.69, 9.17) is 14.1 Å². The molecule has 0 bridgehead atoms. The van der Waals surface area contributed by atoms with Crippen molar-refractivity contribution in [1.29, 1.82) is 0 Å². The summed E-state index contributed by atoms with van der Waals surface area (Å²) in [6.07, 6.45) is 7.55. The highest BCUT2D eigenvalue weighted by atomic mass is 19.1. The van der Waals surface area contributed by atoms with Gasteiger partial charge in [-0.2, -0.15) is 0 Å². The third-order valence-electron chi connectivity index (χ3n) is 11.0. The molecule has 1 aliphatic carbocycles. The molecule has 10 nitrogen and oxygen atoms in total. The molecule has 2 N–H and O–H groups in total. The number of para-hydroxylation sites is 1. The summed E-state index contributed by atoms with van der Waals surface area (Å²) in [5.41, 5.74) is 4.02. The van der Waals surface area contributed by atoms with Crippen LogP contribution in [0.3, 0.4) is 0 Å². The Labute approximate surface area is 316 Å². The van der Waals surface area contributed by atoms with Crippen molar-refractivity contribution in [3.8, 4) is 0 Å². The fourth-order valence-electron chi connectivity index (χ4n) is 7.92. The molecular formula is C42H40F3N5O5. The second-order valence-electron chi connectivity index (χ2n) is 14.6. The van der Waals surface area contributed by atoms with E-state index in [0.29, 0.717) is 39.7 Å². The molecule has 2 aromatic heterocycles. The minimum atomic E-state index is -0.936. The van der Waals surface area contributed by atoms with Gasteiger partial charge in [0.15, 0.2) is 5.76 Å². The number of carbonyl (C=O) groups excluding carboxylic acids is 3. The number of nitrogens with zero attached hydrogens (tertiary/aromatic N) is 3.